The average Bonchev–Trinajstić information content (AvgIpc) is 2.80. The van der Waals surface area contributed by atoms with Gasteiger partial charge in [-0.05, 0) is 38.0 Å². The van der Waals surface area contributed by atoms with E-state index in [0.29, 0.717) is 12.0 Å². The Balaban J connectivity index is 1.59. The largest absolute Gasteiger partial charge is 0.354 e. The molecule has 4 rings (SSSR count). The van der Waals surface area contributed by atoms with E-state index < -0.39 is 0 Å². The molecule has 1 aliphatic heterocycles. The minimum Gasteiger partial charge on any atom is -0.354 e. The van der Waals surface area contributed by atoms with Crippen molar-refractivity contribution >= 4 is 5.95 Å². The van der Waals surface area contributed by atoms with Gasteiger partial charge in [-0.15, -0.1) is 0 Å². The van der Waals surface area contributed by atoms with E-state index in [4.69, 9.17) is 10.1 Å². The quantitative estimate of drug-likeness (QED) is 0.885. The number of rotatable bonds is 2. The zero-order valence-corrected chi connectivity index (χ0v) is 11.6. The first-order valence-electron chi connectivity index (χ1n) is 8.12. The molecule has 3 aliphatic rings. The van der Waals surface area contributed by atoms with Gasteiger partial charge >= 0.3 is 0 Å². The molecule has 0 bridgehead atoms. The summed E-state index contributed by atoms with van der Waals surface area (Å²) < 4.78 is 2.24. The first kappa shape index (κ1) is 11.7. The molecular formula is C15H24N4. The minimum atomic E-state index is 0.609. The monoisotopic (exact) mass is 260 g/mol. The van der Waals surface area contributed by atoms with Crippen molar-refractivity contribution in [3.05, 3.63) is 5.82 Å². The fraction of sp³-hybridized carbons (Fsp3) is 0.867. The predicted molar refractivity (Wildman–Crippen MR) is 75.3 cm³/mol. The van der Waals surface area contributed by atoms with Crippen LogP contribution in [0.4, 0.5) is 5.95 Å². The Bertz CT molecular complexity index is 443. The van der Waals surface area contributed by atoms with Crippen LogP contribution in [0.2, 0.25) is 0 Å². The van der Waals surface area contributed by atoms with Gasteiger partial charge in [-0.1, -0.05) is 25.7 Å². The molecule has 2 aliphatic carbocycles. The summed E-state index contributed by atoms with van der Waals surface area (Å²) in [7, 11) is 0. The molecule has 0 saturated heterocycles. The Morgan fingerprint density at radius 3 is 2.53 bits per heavy atom. The summed E-state index contributed by atoms with van der Waals surface area (Å²) >= 11 is 0. The molecule has 2 heterocycles. The Morgan fingerprint density at radius 2 is 1.79 bits per heavy atom. The summed E-state index contributed by atoms with van der Waals surface area (Å²) in [6, 6.07) is 0.609. The number of hydrogen-bond acceptors (Lipinski definition) is 3. The Kier molecular flexibility index (Phi) is 2.97. The highest BCUT2D eigenvalue weighted by Crippen LogP contribution is 2.40. The van der Waals surface area contributed by atoms with Crippen molar-refractivity contribution in [1.29, 1.82) is 0 Å². The maximum atomic E-state index is 4.87. The van der Waals surface area contributed by atoms with Crippen LogP contribution in [-0.2, 0) is 0 Å². The third kappa shape index (κ3) is 2.05. The number of fused-ring (bicyclic) bond motifs is 1. The summed E-state index contributed by atoms with van der Waals surface area (Å²) in [4.78, 5) is 4.76. The van der Waals surface area contributed by atoms with Gasteiger partial charge in [0.1, 0.15) is 0 Å². The summed E-state index contributed by atoms with van der Waals surface area (Å²) in [6.45, 7) is 1.07. The minimum absolute atomic E-state index is 0.609. The topological polar surface area (TPSA) is 42.7 Å². The summed E-state index contributed by atoms with van der Waals surface area (Å²) in [5, 5.41) is 8.32. The summed E-state index contributed by atoms with van der Waals surface area (Å²) in [5.41, 5.74) is 0. The standard InChI is InChI=1S/C15H24N4/c1-2-5-11(6-3-1)13-9-10-16-15-17-14(18-19(13)15)12-7-4-8-12/h11-13H,1-10H2,(H,16,17,18). The fourth-order valence-corrected chi connectivity index (χ4v) is 3.94. The van der Waals surface area contributed by atoms with Crippen LogP contribution in [0.5, 0.6) is 0 Å². The van der Waals surface area contributed by atoms with Gasteiger partial charge in [-0.2, -0.15) is 10.1 Å². The molecule has 4 heteroatoms. The molecular weight excluding hydrogens is 236 g/mol. The molecule has 1 unspecified atom stereocenters. The van der Waals surface area contributed by atoms with Crippen molar-refractivity contribution in [2.75, 3.05) is 11.9 Å². The lowest BCUT2D eigenvalue weighted by Crippen LogP contribution is -2.30. The van der Waals surface area contributed by atoms with E-state index in [9.17, 15) is 0 Å². The van der Waals surface area contributed by atoms with Gasteiger partial charge in [0.15, 0.2) is 5.82 Å². The van der Waals surface area contributed by atoms with Crippen LogP contribution >= 0.6 is 0 Å². The lowest BCUT2D eigenvalue weighted by atomic mass is 9.82. The lowest BCUT2D eigenvalue weighted by Gasteiger charge is -2.33. The van der Waals surface area contributed by atoms with Gasteiger partial charge in [-0.3, -0.25) is 0 Å². The van der Waals surface area contributed by atoms with Crippen LogP contribution in [0.25, 0.3) is 0 Å². The van der Waals surface area contributed by atoms with E-state index in [-0.39, 0.29) is 0 Å². The van der Waals surface area contributed by atoms with E-state index in [2.05, 4.69) is 10.00 Å². The number of aromatic nitrogens is 3. The van der Waals surface area contributed by atoms with Crippen LogP contribution in [0.1, 0.15) is 75.6 Å². The van der Waals surface area contributed by atoms with Crippen molar-refractivity contribution in [3.8, 4) is 0 Å². The predicted octanol–water partition coefficient (Wildman–Crippen LogP) is 3.48. The van der Waals surface area contributed by atoms with Gasteiger partial charge in [0.05, 0.1) is 6.04 Å². The smallest absolute Gasteiger partial charge is 0.221 e. The highest BCUT2D eigenvalue weighted by atomic mass is 15.4. The van der Waals surface area contributed by atoms with Gasteiger partial charge in [0, 0.05) is 12.5 Å². The molecule has 19 heavy (non-hydrogen) atoms. The van der Waals surface area contributed by atoms with Gasteiger partial charge in [0.25, 0.3) is 0 Å². The van der Waals surface area contributed by atoms with Crippen LogP contribution < -0.4 is 5.32 Å². The van der Waals surface area contributed by atoms with Gasteiger partial charge < -0.3 is 5.32 Å². The number of anilines is 1. The van der Waals surface area contributed by atoms with Crippen molar-refractivity contribution < 1.29 is 0 Å². The zero-order valence-electron chi connectivity index (χ0n) is 11.6. The zero-order chi connectivity index (χ0) is 12.7. The highest BCUT2D eigenvalue weighted by Gasteiger charge is 2.33. The third-order valence-electron chi connectivity index (χ3n) is 5.35. The van der Waals surface area contributed by atoms with Crippen LogP contribution in [-0.4, -0.2) is 21.3 Å². The molecule has 0 aromatic carbocycles. The average molecular weight is 260 g/mol. The Hall–Kier alpha value is -1.06. The maximum Gasteiger partial charge on any atom is 0.221 e. The SMILES string of the molecule is C1CCC(C2CCNc3nc(C4CCC4)nn32)CC1. The molecule has 2 fully saturated rings. The normalized spacial score (nSPS) is 28.5. The summed E-state index contributed by atoms with van der Waals surface area (Å²) in [6.07, 6.45) is 12.2. The molecule has 1 atom stereocenters. The van der Waals surface area contributed by atoms with E-state index in [1.165, 1.54) is 57.8 Å². The van der Waals surface area contributed by atoms with Crippen LogP contribution in [0.3, 0.4) is 0 Å². The van der Waals surface area contributed by atoms with Crippen LogP contribution in [0, 0.1) is 5.92 Å². The highest BCUT2D eigenvalue weighted by molar-refractivity contribution is 5.29. The molecule has 0 amide bonds. The van der Waals surface area contributed by atoms with Crippen molar-refractivity contribution in [3.63, 3.8) is 0 Å². The molecule has 4 nitrogen and oxygen atoms in total. The summed E-state index contributed by atoms with van der Waals surface area (Å²) in [5.74, 6) is 3.64. The number of hydrogen-bond donors (Lipinski definition) is 1. The van der Waals surface area contributed by atoms with Gasteiger partial charge in [-0.25, -0.2) is 4.68 Å². The molecule has 1 N–H and O–H groups in total. The van der Waals surface area contributed by atoms with Crippen molar-refractivity contribution in [2.45, 2.75) is 69.7 Å². The van der Waals surface area contributed by atoms with E-state index in [0.717, 1.165) is 24.2 Å². The Morgan fingerprint density at radius 1 is 0.947 bits per heavy atom. The second-order valence-electron chi connectivity index (χ2n) is 6.55. The molecule has 2 saturated carbocycles. The van der Waals surface area contributed by atoms with Crippen LogP contribution in [0.15, 0.2) is 0 Å². The third-order valence-corrected chi connectivity index (χ3v) is 5.35. The Labute approximate surface area is 115 Å². The second kappa shape index (κ2) is 4.80. The molecule has 1 aromatic rings. The fourth-order valence-electron chi connectivity index (χ4n) is 3.94. The number of nitrogens with zero attached hydrogens (tertiary/aromatic N) is 3. The molecule has 0 spiro atoms. The molecule has 1 aromatic heterocycles. The van der Waals surface area contributed by atoms with Crippen molar-refractivity contribution in [1.82, 2.24) is 14.8 Å². The lowest BCUT2D eigenvalue weighted by molar-refractivity contribution is 0.220. The van der Waals surface area contributed by atoms with Crippen molar-refractivity contribution in [2.24, 2.45) is 5.92 Å². The maximum absolute atomic E-state index is 4.87. The number of nitrogens with one attached hydrogen (secondary N) is 1. The van der Waals surface area contributed by atoms with E-state index in [1.54, 1.807) is 0 Å². The molecule has 104 valence electrons. The first-order chi connectivity index (χ1) is 9.42. The second-order valence-corrected chi connectivity index (χ2v) is 6.55. The van der Waals surface area contributed by atoms with E-state index >= 15 is 0 Å². The van der Waals surface area contributed by atoms with Gasteiger partial charge in [0.2, 0.25) is 5.95 Å². The van der Waals surface area contributed by atoms with E-state index in [1.807, 2.05) is 0 Å². The first-order valence-corrected chi connectivity index (χ1v) is 8.12. The molecule has 0 radical (unpaired) electrons.